The Balaban J connectivity index is 1.79. The third-order valence-electron chi connectivity index (χ3n) is 5.46. The van der Waals surface area contributed by atoms with E-state index in [4.69, 9.17) is 0 Å². The molecular formula is C32H24N6O2S. The highest BCUT2D eigenvalue weighted by molar-refractivity contribution is 8.07. The molecule has 0 aliphatic carbocycles. The number of nitriles is 2. The number of amides is 2. The van der Waals surface area contributed by atoms with Gasteiger partial charge in [-0.25, -0.2) is 0 Å². The van der Waals surface area contributed by atoms with Crippen molar-refractivity contribution in [2.45, 2.75) is 0 Å². The van der Waals surface area contributed by atoms with Crippen molar-refractivity contribution in [1.29, 1.82) is 10.5 Å². The number of benzene rings is 4. The van der Waals surface area contributed by atoms with Gasteiger partial charge in [0.2, 0.25) is 0 Å². The van der Waals surface area contributed by atoms with Crippen LogP contribution >= 0.6 is 11.8 Å². The van der Waals surface area contributed by atoms with Crippen molar-refractivity contribution in [3.05, 3.63) is 143 Å². The summed E-state index contributed by atoms with van der Waals surface area (Å²) in [6.07, 6.45) is 0. The van der Waals surface area contributed by atoms with Crippen LogP contribution in [0.3, 0.4) is 0 Å². The highest BCUT2D eigenvalue weighted by Crippen LogP contribution is 2.33. The standard InChI is InChI=1S/C32H24N6O2S/c33-21-27(29(39)35-23-13-5-1-6-14-23)31(37-25-17-9-3-10-18-25)41-32(38-26-19-11-4-12-20-26)28(22-34)30(40)36-24-15-7-2-8-16-24/h1-20,37-38H,(H,35,39)(H,36,40)/b31-27+,32-28+. The second kappa shape index (κ2) is 14.4. The van der Waals surface area contributed by atoms with Crippen LogP contribution in [0.2, 0.25) is 0 Å². The maximum Gasteiger partial charge on any atom is 0.269 e. The van der Waals surface area contributed by atoms with Gasteiger partial charge in [0.1, 0.15) is 33.3 Å². The quantitative estimate of drug-likeness (QED) is 0.126. The molecule has 0 atom stereocenters. The van der Waals surface area contributed by atoms with Crippen LogP contribution in [0.4, 0.5) is 22.7 Å². The summed E-state index contributed by atoms with van der Waals surface area (Å²) in [6, 6.07) is 39.4. The summed E-state index contributed by atoms with van der Waals surface area (Å²) in [5, 5.41) is 32.2. The minimum absolute atomic E-state index is 0.117. The molecule has 2 amide bonds. The first-order valence-electron chi connectivity index (χ1n) is 12.4. The van der Waals surface area contributed by atoms with Crippen LogP contribution in [0.15, 0.2) is 143 Å². The van der Waals surface area contributed by atoms with E-state index in [2.05, 4.69) is 21.3 Å². The fraction of sp³-hybridized carbons (Fsp3) is 0. The Morgan fingerprint density at radius 1 is 0.463 bits per heavy atom. The SMILES string of the molecule is N#C/C(C(=O)Nc1ccccc1)=C(/Nc1ccccc1)S/C(Nc1ccccc1)=C(\C#N)C(=O)Nc1ccccc1. The van der Waals surface area contributed by atoms with E-state index in [0.29, 0.717) is 22.7 Å². The minimum Gasteiger partial charge on any atom is -0.349 e. The van der Waals surface area contributed by atoms with Crippen LogP contribution < -0.4 is 21.3 Å². The summed E-state index contributed by atoms with van der Waals surface area (Å²) in [7, 11) is 0. The molecule has 0 bridgehead atoms. The monoisotopic (exact) mass is 556 g/mol. The smallest absolute Gasteiger partial charge is 0.269 e. The van der Waals surface area contributed by atoms with Crippen LogP contribution in [0, 0.1) is 22.7 Å². The highest BCUT2D eigenvalue weighted by atomic mass is 32.2. The zero-order valence-electron chi connectivity index (χ0n) is 21.7. The van der Waals surface area contributed by atoms with Gasteiger partial charge in [0, 0.05) is 22.7 Å². The average Bonchev–Trinajstić information content (AvgIpc) is 3.00. The van der Waals surface area contributed by atoms with Crippen molar-refractivity contribution in [1.82, 2.24) is 0 Å². The molecule has 0 aliphatic heterocycles. The third-order valence-corrected chi connectivity index (χ3v) is 6.48. The number of nitrogens with zero attached hydrogens (tertiary/aromatic N) is 2. The number of nitrogens with one attached hydrogen (secondary N) is 4. The molecular weight excluding hydrogens is 532 g/mol. The molecule has 0 aliphatic rings. The van der Waals surface area contributed by atoms with Gasteiger partial charge in [0.05, 0.1) is 0 Å². The van der Waals surface area contributed by atoms with Gasteiger partial charge in [-0.1, -0.05) is 84.6 Å². The summed E-state index contributed by atoms with van der Waals surface area (Å²) in [6.45, 7) is 0. The van der Waals surface area contributed by atoms with E-state index in [0.717, 1.165) is 11.8 Å². The first kappa shape index (κ1) is 28.2. The first-order chi connectivity index (χ1) is 20.1. The molecule has 0 heterocycles. The van der Waals surface area contributed by atoms with Gasteiger partial charge in [0.25, 0.3) is 11.8 Å². The average molecular weight is 557 g/mol. The number of rotatable bonds is 10. The summed E-state index contributed by atoms with van der Waals surface area (Å²) in [5.41, 5.74) is 1.73. The normalized spacial score (nSPS) is 11.5. The lowest BCUT2D eigenvalue weighted by atomic mass is 10.2. The Hall–Kier alpha value is -5.77. The zero-order chi connectivity index (χ0) is 28.9. The molecule has 4 N–H and O–H groups in total. The van der Waals surface area contributed by atoms with Gasteiger partial charge in [-0.3, -0.25) is 9.59 Å². The first-order valence-corrected chi connectivity index (χ1v) is 13.2. The minimum atomic E-state index is -0.657. The van der Waals surface area contributed by atoms with Crippen molar-refractivity contribution in [3.63, 3.8) is 0 Å². The van der Waals surface area contributed by atoms with Crippen LogP contribution in [0.25, 0.3) is 0 Å². The van der Waals surface area contributed by atoms with Gasteiger partial charge in [-0.2, -0.15) is 10.5 Å². The van der Waals surface area contributed by atoms with E-state index in [1.165, 1.54) is 0 Å². The Labute approximate surface area is 242 Å². The second-order valence-electron chi connectivity index (χ2n) is 8.36. The van der Waals surface area contributed by atoms with Gasteiger partial charge >= 0.3 is 0 Å². The van der Waals surface area contributed by atoms with Crippen molar-refractivity contribution in [2.75, 3.05) is 21.3 Å². The molecule has 200 valence electrons. The molecule has 0 radical (unpaired) electrons. The highest BCUT2D eigenvalue weighted by Gasteiger charge is 2.23. The fourth-order valence-corrected chi connectivity index (χ4v) is 4.55. The Bertz CT molecular complexity index is 1520. The number of anilines is 4. The molecule has 0 spiro atoms. The van der Waals surface area contributed by atoms with Crippen molar-refractivity contribution in [3.8, 4) is 12.1 Å². The molecule has 0 fully saturated rings. The maximum atomic E-state index is 13.3. The summed E-state index contributed by atoms with van der Waals surface area (Å²) < 4.78 is 0. The largest absolute Gasteiger partial charge is 0.349 e. The summed E-state index contributed by atoms with van der Waals surface area (Å²) in [4.78, 5) is 26.6. The zero-order valence-corrected chi connectivity index (χ0v) is 22.5. The van der Waals surface area contributed by atoms with Crippen LogP contribution in [0.5, 0.6) is 0 Å². The number of carbonyl (C=O) groups excluding carboxylic acids is 2. The third kappa shape index (κ3) is 8.11. The molecule has 9 heteroatoms. The molecule has 41 heavy (non-hydrogen) atoms. The predicted molar refractivity (Wildman–Crippen MR) is 163 cm³/mol. The fourth-order valence-electron chi connectivity index (χ4n) is 3.52. The maximum absolute atomic E-state index is 13.3. The molecule has 4 aromatic rings. The molecule has 4 rings (SSSR count). The van der Waals surface area contributed by atoms with E-state index in [-0.39, 0.29) is 21.2 Å². The van der Waals surface area contributed by atoms with Crippen LogP contribution in [0.1, 0.15) is 0 Å². The molecule has 0 aromatic heterocycles. The van der Waals surface area contributed by atoms with Gasteiger partial charge in [-0.15, -0.1) is 0 Å². The second-order valence-corrected chi connectivity index (χ2v) is 9.38. The van der Waals surface area contributed by atoms with Crippen molar-refractivity contribution < 1.29 is 9.59 Å². The van der Waals surface area contributed by atoms with Gasteiger partial charge < -0.3 is 21.3 Å². The van der Waals surface area contributed by atoms with E-state index >= 15 is 0 Å². The molecule has 0 unspecified atom stereocenters. The lowest BCUT2D eigenvalue weighted by molar-refractivity contribution is -0.113. The summed E-state index contributed by atoms with van der Waals surface area (Å²) >= 11 is 0.893. The number of thioether (sulfide) groups is 1. The summed E-state index contributed by atoms with van der Waals surface area (Å²) in [5.74, 6) is -1.31. The number of carbonyl (C=O) groups is 2. The molecule has 8 nitrogen and oxygen atoms in total. The van der Waals surface area contributed by atoms with Crippen LogP contribution in [-0.4, -0.2) is 11.8 Å². The van der Waals surface area contributed by atoms with Gasteiger partial charge in [-0.05, 0) is 48.5 Å². The molecule has 0 saturated heterocycles. The Kier molecular flexibility index (Phi) is 9.92. The lowest BCUT2D eigenvalue weighted by Crippen LogP contribution is -2.19. The van der Waals surface area contributed by atoms with Crippen molar-refractivity contribution in [2.24, 2.45) is 0 Å². The topological polar surface area (TPSA) is 130 Å². The van der Waals surface area contributed by atoms with E-state index < -0.39 is 11.8 Å². The molecule has 0 saturated carbocycles. The Morgan fingerprint density at radius 3 is 1.00 bits per heavy atom. The van der Waals surface area contributed by atoms with E-state index in [1.54, 1.807) is 97.1 Å². The number of para-hydroxylation sites is 4. The van der Waals surface area contributed by atoms with E-state index in [1.807, 2.05) is 36.4 Å². The Morgan fingerprint density at radius 2 is 0.732 bits per heavy atom. The van der Waals surface area contributed by atoms with Crippen molar-refractivity contribution >= 4 is 46.3 Å². The van der Waals surface area contributed by atoms with Crippen LogP contribution in [-0.2, 0) is 9.59 Å². The van der Waals surface area contributed by atoms with E-state index in [9.17, 15) is 20.1 Å². The number of hydrogen-bond donors (Lipinski definition) is 4. The predicted octanol–water partition coefficient (Wildman–Crippen LogP) is 6.69. The lowest BCUT2D eigenvalue weighted by Gasteiger charge is -2.18. The number of hydrogen-bond acceptors (Lipinski definition) is 7. The van der Waals surface area contributed by atoms with Gasteiger partial charge in [0.15, 0.2) is 0 Å². The molecule has 4 aromatic carbocycles.